The van der Waals surface area contributed by atoms with Crippen LogP contribution in [0.1, 0.15) is 22.3 Å². The van der Waals surface area contributed by atoms with Crippen LogP contribution >= 0.6 is 23.4 Å². The molecule has 3 aromatic carbocycles. The molecule has 1 aromatic heterocycles. The summed E-state index contributed by atoms with van der Waals surface area (Å²) in [5.41, 5.74) is 4.92. The minimum absolute atomic E-state index is 0.248. The van der Waals surface area contributed by atoms with E-state index >= 15 is 0 Å². The topological polar surface area (TPSA) is 51.5 Å². The summed E-state index contributed by atoms with van der Waals surface area (Å²) in [7, 11) is 0. The Hall–Kier alpha value is -3.41. The molecule has 0 amide bonds. The van der Waals surface area contributed by atoms with Crippen LogP contribution in [-0.2, 0) is 9.53 Å². The van der Waals surface area contributed by atoms with Gasteiger partial charge in [-0.2, -0.15) is 0 Å². The lowest BCUT2D eigenvalue weighted by Gasteiger charge is -2.09. The second kappa shape index (κ2) is 8.85. The van der Waals surface area contributed by atoms with Crippen molar-refractivity contribution in [3.05, 3.63) is 106 Å². The van der Waals surface area contributed by atoms with E-state index < -0.39 is 5.97 Å². The molecule has 0 fully saturated rings. The van der Waals surface area contributed by atoms with Crippen molar-refractivity contribution < 1.29 is 9.53 Å². The van der Waals surface area contributed by atoms with Crippen LogP contribution in [0.25, 0.3) is 17.0 Å². The average Bonchev–Trinajstić information content (AvgIpc) is 3.16. The van der Waals surface area contributed by atoms with E-state index in [1.165, 1.54) is 11.8 Å². The molecule has 0 saturated carbocycles. The van der Waals surface area contributed by atoms with Gasteiger partial charge in [0.15, 0.2) is 5.70 Å². The molecular formula is C27H19ClN2O2S. The number of hydrogen-bond donors (Lipinski definition) is 0. The number of rotatable bonds is 4. The Morgan fingerprint density at radius 3 is 2.52 bits per heavy atom. The molecular weight excluding hydrogens is 452 g/mol. The first kappa shape index (κ1) is 21.4. The maximum absolute atomic E-state index is 12.6. The molecule has 5 rings (SSSR count). The average molecular weight is 471 g/mol. The van der Waals surface area contributed by atoms with Crippen molar-refractivity contribution in [3.8, 4) is 0 Å². The fourth-order valence-electron chi connectivity index (χ4n) is 3.55. The first-order chi connectivity index (χ1) is 15.9. The van der Waals surface area contributed by atoms with Gasteiger partial charge in [-0.05, 0) is 74.5 Å². The Morgan fingerprint density at radius 1 is 0.939 bits per heavy atom. The van der Waals surface area contributed by atoms with Crippen molar-refractivity contribution in [1.82, 2.24) is 4.98 Å². The Bertz CT molecular complexity index is 1460. The Labute approximate surface area is 201 Å². The number of ether oxygens (including phenoxy) is 1. The molecule has 0 saturated heterocycles. The van der Waals surface area contributed by atoms with Gasteiger partial charge in [0.05, 0.1) is 5.52 Å². The summed E-state index contributed by atoms with van der Waals surface area (Å²) in [6, 6.07) is 23.5. The van der Waals surface area contributed by atoms with Gasteiger partial charge in [0.1, 0.15) is 5.03 Å². The van der Waals surface area contributed by atoms with Gasteiger partial charge in [0, 0.05) is 26.4 Å². The fourth-order valence-corrected chi connectivity index (χ4v) is 4.55. The van der Waals surface area contributed by atoms with Crippen LogP contribution in [0.5, 0.6) is 0 Å². The Morgan fingerprint density at radius 2 is 1.73 bits per heavy atom. The van der Waals surface area contributed by atoms with Crippen molar-refractivity contribution in [3.63, 3.8) is 0 Å². The van der Waals surface area contributed by atoms with E-state index in [2.05, 4.69) is 11.1 Å². The molecule has 4 nitrogen and oxygen atoms in total. The molecule has 1 aliphatic heterocycles. The van der Waals surface area contributed by atoms with E-state index in [-0.39, 0.29) is 5.70 Å². The third kappa shape index (κ3) is 4.70. The number of aromatic nitrogens is 1. The molecule has 0 bridgehead atoms. The van der Waals surface area contributed by atoms with Gasteiger partial charge in [0.25, 0.3) is 0 Å². The fraction of sp³-hybridized carbons (Fsp3) is 0.0741. The number of hydrogen-bond acceptors (Lipinski definition) is 5. The number of carbonyl (C=O) groups excluding carboxylic acids is 1. The maximum atomic E-state index is 12.6. The quantitative estimate of drug-likeness (QED) is 0.238. The highest BCUT2D eigenvalue weighted by Crippen LogP contribution is 2.34. The number of benzene rings is 3. The van der Waals surface area contributed by atoms with Crippen LogP contribution < -0.4 is 0 Å². The number of esters is 1. The van der Waals surface area contributed by atoms with Crippen LogP contribution in [0.15, 0.2) is 93.4 Å². The minimum atomic E-state index is -0.474. The van der Waals surface area contributed by atoms with Crippen LogP contribution in [0.4, 0.5) is 0 Å². The molecule has 0 aliphatic carbocycles. The summed E-state index contributed by atoms with van der Waals surface area (Å²) < 4.78 is 5.47. The lowest BCUT2D eigenvalue weighted by Crippen LogP contribution is -2.05. The maximum Gasteiger partial charge on any atom is 0.363 e. The molecule has 0 N–H and O–H groups in total. The van der Waals surface area contributed by atoms with Gasteiger partial charge in [0.2, 0.25) is 5.90 Å². The Balaban J connectivity index is 1.60. The van der Waals surface area contributed by atoms with Crippen molar-refractivity contribution in [2.24, 2.45) is 4.99 Å². The van der Waals surface area contributed by atoms with E-state index in [0.29, 0.717) is 10.9 Å². The SMILES string of the molecule is Cc1cccc(C2=NC(=Cc3cc4cc(C)ccc4nc3Sc3ccc(Cl)cc3)C(=O)O2)c1. The predicted octanol–water partition coefficient (Wildman–Crippen LogP) is 7.00. The number of pyridine rings is 1. The summed E-state index contributed by atoms with van der Waals surface area (Å²) in [5, 5.41) is 2.44. The van der Waals surface area contributed by atoms with Crippen molar-refractivity contribution in [2.45, 2.75) is 23.8 Å². The van der Waals surface area contributed by atoms with Gasteiger partial charge >= 0.3 is 5.97 Å². The summed E-state index contributed by atoms with van der Waals surface area (Å²) in [4.78, 5) is 23.0. The highest BCUT2D eigenvalue weighted by atomic mass is 35.5. The van der Waals surface area contributed by atoms with E-state index in [4.69, 9.17) is 21.3 Å². The molecule has 2 heterocycles. The predicted molar refractivity (Wildman–Crippen MR) is 134 cm³/mol. The number of aryl methyl sites for hydroxylation is 2. The van der Waals surface area contributed by atoms with Crippen LogP contribution in [-0.4, -0.2) is 16.9 Å². The van der Waals surface area contributed by atoms with Gasteiger partial charge in [-0.3, -0.25) is 0 Å². The van der Waals surface area contributed by atoms with E-state index in [0.717, 1.165) is 43.1 Å². The number of carbonyl (C=O) groups is 1. The van der Waals surface area contributed by atoms with Crippen LogP contribution in [0, 0.1) is 13.8 Å². The van der Waals surface area contributed by atoms with Crippen molar-refractivity contribution in [1.29, 1.82) is 0 Å². The van der Waals surface area contributed by atoms with Crippen LogP contribution in [0.2, 0.25) is 5.02 Å². The molecule has 4 aromatic rings. The highest BCUT2D eigenvalue weighted by molar-refractivity contribution is 7.99. The molecule has 33 heavy (non-hydrogen) atoms. The summed E-state index contributed by atoms with van der Waals surface area (Å²) in [5.74, 6) is -0.162. The normalized spacial score (nSPS) is 14.6. The first-order valence-corrected chi connectivity index (χ1v) is 11.6. The molecule has 0 spiro atoms. The smallest absolute Gasteiger partial charge is 0.363 e. The molecule has 6 heteroatoms. The standard InChI is InChI=1S/C27H19ClN2O2S/c1-16-4-3-5-18(12-16)25-29-24(27(31)32-25)15-20-14-19-13-17(2)6-11-23(19)30-26(20)33-22-9-7-21(28)8-10-22/h3-15H,1-2H3. The first-order valence-electron chi connectivity index (χ1n) is 10.4. The second-order valence-electron chi connectivity index (χ2n) is 7.84. The molecule has 0 unspecified atom stereocenters. The van der Waals surface area contributed by atoms with Gasteiger partial charge in [-0.15, -0.1) is 0 Å². The van der Waals surface area contributed by atoms with Crippen molar-refractivity contribution >= 4 is 52.2 Å². The zero-order valence-electron chi connectivity index (χ0n) is 18.0. The molecule has 0 radical (unpaired) electrons. The molecule has 1 aliphatic rings. The summed E-state index contributed by atoms with van der Waals surface area (Å²) in [6.45, 7) is 4.03. The van der Waals surface area contributed by atoms with Crippen LogP contribution in [0.3, 0.4) is 0 Å². The third-order valence-corrected chi connectivity index (χ3v) is 6.45. The number of aliphatic imine (C=N–C) groups is 1. The third-order valence-electron chi connectivity index (χ3n) is 5.17. The molecule has 0 atom stereocenters. The lowest BCUT2D eigenvalue weighted by atomic mass is 10.1. The summed E-state index contributed by atoms with van der Waals surface area (Å²) in [6.07, 6.45) is 1.75. The second-order valence-corrected chi connectivity index (χ2v) is 9.34. The minimum Gasteiger partial charge on any atom is -0.402 e. The number of halogens is 1. The summed E-state index contributed by atoms with van der Waals surface area (Å²) >= 11 is 7.55. The zero-order chi connectivity index (χ0) is 22.9. The van der Waals surface area contributed by atoms with E-state index in [1.54, 1.807) is 6.08 Å². The number of fused-ring (bicyclic) bond motifs is 1. The number of cyclic esters (lactones) is 1. The molecule has 162 valence electrons. The van der Waals surface area contributed by atoms with Crippen molar-refractivity contribution in [2.75, 3.05) is 0 Å². The van der Waals surface area contributed by atoms with E-state index in [9.17, 15) is 4.79 Å². The van der Waals surface area contributed by atoms with Gasteiger partial charge in [-0.25, -0.2) is 14.8 Å². The lowest BCUT2D eigenvalue weighted by molar-refractivity contribution is -0.129. The van der Waals surface area contributed by atoms with Gasteiger partial charge in [-0.1, -0.05) is 52.7 Å². The van der Waals surface area contributed by atoms with E-state index in [1.807, 2.05) is 80.6 Å². The van der Waals surface area contributed by atoms with Gasteiger partial charge < -0.3 is 4.74 Å². The zero-order valence-corrected chi connectivity index (χ0v) is 19.6. The Kier molecular flexibility index (Phi) is 5.75. The largest absolute Gasteiger partial charge is 0.402 e. The number of nitrogens with zero attached hydrogens (tertiary/aromatic N) is 2. The highest BCUT2D eigenvalue weighted by Gasteiger charge is 2.25. The monoisotopic (exact) mass is 470 g/mol.